The number of nitrogens with zero attached hydrogens (tertiary/aromatic N) is 3. The van der Waals surface area contributed by atoms with Crippen molar-refractivity contribution in [2.45, 2.75) is 78.7 Å². The monoisotopic (exact) mass is 458 g/mol. The van der Waals surface area contributed by atoms with Crippen LogP contribution in [0, 0.1) is 11.3 Å². The van der Waals surface area contributed by atoms with Crippen LogP contribution in [0.1, 0.15) is 69.7 Å². The van der Waals surface area contributed by atoms with E-state index in [9.17, 15) is 9.59 Å². The van der Waals surface area contributed by atoms with Crippen LogP contribution >= 0.6 is 11.3 Å². The molecule has 1 amide bonds. The molecular weight excluding hydrogens is 420 g/mol. The van der Waals surface area contributed by atoms with Crippen molar-refractivity contribution in [1.82, 2.24) is 19.8 Å². The fraction of sp³-hybridized carbons (Fsp3) is 0.720. The number of hydrogen-bond donors (Lipinski definition) is 1. The van der Waals surface area contributed by atoms with Gasteiger partial charge in [-0.25, -0.2) is 4.98 Å². The molecule has 6 nitrogen and oxygen atoms in total. The zero-order valence-corrected chi connectivity index (χ0v) is 20.7. The quantitative estimate of drug-likeness (QED) is 0.608. The highest BCUT2D eigenvalue weighted by atomic mass is 32.1. The molecule has 1 aliphatic carbocycles. The first-order chi connectivity index (χ1) is 15.3. The van der Waals surface area contributed by atoms with Gasteiger partial charge in [-0.3, -0.25) is 14.2 Å². The summed E-state index contributed by atoms with van der Waals surface area (Å²) in [7, 11) is 0. The normalized spacial score (nSPS) is 19.4. The molecule has 2 aliphatic rings. The van der Waals surface area contributed by atoms with Crippen LogP contribution in [0.25, 0.3) is 10.2 Å². The molecule has 1 atom stereocenters. The predicted molar refractivity (Wildman–Crippen MR) is 131 cm³/mol. The Morgan fingerprint density at radius 2 is 2.00 bits per heavy atom. The molecule has 4 rings (SSSR count). The largest absolute Gasteiger partial charge is 0.356 e. The summed E-state index contributed by atoms with van der Waals surface area (Å²) in [5.74, 6) is 0.655. The first kappa shape index (κ1) is 23.4. The summed E-state index contributed by atoms with van der Waals surface area (Å²) < 4.78 is 1.62. The molecule has 176 valence electrons. The van der Waals surface area contributed by atoms with E-state index in [0.29, 0.717) is 25.4 Å². The van der Waals surface area contributed by atoms with Crippen LogP contribution < -0.4 is 10.9 Å². The molecule has 2 aromatic heterocycles. The van der Waals surface area contributed by atoms with Crippen LogP contribution in [0.2, 0.25) is 0 Å². The average molecular weight is 459 g/mol. The molecule has 7 heteroatoms. The number of nitrogens with one attached hydrogen (secondary N) is 1. The van der Waals surface area contributed by atoms with Gasteiger partial charge in [-0.1, -0.05) is 20.8 Å². The molecule has 0 radical (unpaired) electrons. The highest BCUT2D eigenvalue weighted by Gasteiger charge is 2.31. The summed E-state index contributed by atoms with van der Waals surface area (Å²) in [4.78, 5) is 34.7. The number of fused-ring (bicyclic) bond motifs is 3. The molecule has 3 heterocycles. The lowest BCUT2D eigenvalue weighted by Crippen LogP contribution is -2.29. The first-order valence-corrected chi connectivity index (χ1v) is 13.1. The van der Waals surface area contributed by atoms with Crippen LogP contribution in [0.5, 0.6) is 0 Å². The van der Waals surface area contributed by atoms with Gasteiger partial charge >= 0.3 is 0 Å². The lowest BCUT2D eigenvalue weighted by atomic mass is 9.72. The summed E-state index contributed by atoms with van der Waals surface area (Å²) >= 11 is 1.68. The summed E-state index contributed by atoms with van der Waals surface area (Å²) in [6.45, 7) is 11.6. The fourth-order valence-electron chi connectivity index (χ4n) is 5.10. The predicted octanol–water partition coefficient (Wildman–Crippen LogP) is 3.99. The summed E-state index contributed by atoms with van der Waals surface area (Å²) in [6, 6.07) is 0. The van der Waals surface area contributed by atoms with Gasteiger partial charge in [0.25, 0.3) is 5.56 Å². The number of rotatable bonds is 8. The number of aryl methyl sites for hydroxylation is 2. The van der Waals surface area contributed by atoms with Crippen molar-refractivity contribution in [2.24, 2.45) is 11.3 Å². The standard InChI is InChI=1S/C25H38N4O2S/c1-25(2,3)18-8-9-19-20(16-18)32-23-22(19)24(31)29(17-27-23)15-10-21(30)26-11-4-5-12-28-13-6-7-14-28/h17-18H,4-16H2,1-3H3,(H,26,30). The van der Waals surface area contributed by atoms with Gasteiger partial charge < -0.3 is 10.2 Å². The second-order valence-electron chi connectivity index (χ2n) is 10.6. The maximum absolute atomic E-state index is 13.2. The van der Waals surface area contributed by atoms with Crippen molar-refractivity contribution in [3.63, 3.8) is 0 Å². The number of thiophene rings is 1. The minimum Gasteiger partial charge on any atom is -0.356 e. The van der Waals surface area contributed by atoms with Crippen molar-refractivity contribution in [2.75, 3.05) is 26.2 Å². The number of hydrogen-bond acceptors (Lipinski definition) is 5. The van der Waals surface area contributed by atoms with E-state index in [1.807, 2.05) is 0 Å². The molecule has 1 N–H and O–H groups in total. The van der Waals surface area contributed by atoms with E-state index < -0.39 is 0 Å². The minimum absolute atomic E-state index is 0.0125. The van der Waals surface area contributed by atoms with E-state index in [2.05, 4.69) is 36.0 Å². The zero-order chi connectivity index (χ0) is 22.7. The van der Waals surface area contributed by atoms with Crippen molar-refractivity contribution < 1.29 is 4.79 Å². The smallest absolute Gasteiger partial charge is 0.262 e. The van der Waals surface area contributed by atoms with Gasteiger partial charge in [-0.2, -0.15) is 0 Å². The Bertz CT molecular complexity index is 998. The number of carbonyl (C=O) groups excluding carboxylic acids is 1. The van der Waals surface area contributed by atoms with Crippen molar-refractivity contribution in [1.29, 1.82) is 0 Å². The highest BCUT2D eigenvalue weighted by Crippen LogP contribution is 2.41. The van der Waals surface area contributed by atoms with Crippen LogP contribution in [0.4, 0.5) is 0 Å². The van der Waals surface area contributed by atoms with Gasteiger partial charge in [0.1, 0.15) is 4.83 Å². The molecule has 32 heavy (non-hydrogen) atoms. The summed E-state index contributed by atoms with van der Waals surface area (Å²) in [6.07, 6.45) is 9.83. The van der Waals surface area contributed by atoms with Gasteiger partial charge in [0, 0.05) is 24.4 Å². The van der Waals surface area contributed by atoms with Gasteiger partial charge in [-0.15, -0.1) is 11.3 Å². The van der Waals surface area contributed by atoms with Gasteiger partial charge in [0.15, 0.2) is 0 Å². The third-order valence-electron chi connectivity index (χ3n) is 7.26. The number of carbonyl (C=O) groups is 1. The number of amides is 1. The third kappa shape index (κ3) is 5.42. The fourth-order valence-corrected chi connectivity index (χ4v) is 6.36. The molecule has 2 aromatic rings. The van der Waals surface area contributed by atoms with E-state index in [1.54, 1.807) is 22.2 Å². The van der Waals surface area contributed by atoms with E-state index in [1.165, 1.54) is 36.4 Å². The first-order valence-electron chi connectivity index (χ1n) is 12.3. The maximum atomic E-state index is 13.2. The second kappa shape index (κ2) is 10.0. The third-order valence-corrected chi connectivity index (χ3v) is 8.42. The van der Waals surface area contributed by atoms with Crippen molar-refractivity contribution in [3.8, 4) is 0 Å². The lowest BCUT2D eigenvalue weighted by molar-refractivity contribution is -0.121. The zero-order valence-electron chi connectivity index (χ0n) is 19.9. The summed E-state index contributed by atoms with van der Waals surface area (Å²) in [5, 5.41) is 3.80. The second-order valence-corrected chi connectivity index (χ2v) is 11.7. The molecule has 0 saturated carbocycles. The topological polar surface area (TPSA) is 67.2 Å². The Balaban J connectivity index is 1.30. The highest BCUT2D eigenvalue weighted by molar-refractivity contribution is 7.18. The van der Waals surface area contributed by atoms with E-state index in [-0.39, 0.29) is 16.9 Å². The van der Waals surface area contributed by atoms with Gasteiger partial charge in [-0.05, 0) is 81.5 Å². The van der Waals surface area contributed by atoms with Crippen molar-refractivity contribution >= 4 is 27.5 Å². The van der Waals surface area contributed by atoms with Crippen molar-refractivity contribution in [3.05, 3.63) is 27.1 Å². The van der Waals surface area contributed by atoms with Gasteiger partial charge in [0.2, 0.25) is 5.91 Å². The number of aromatic nitrogens is 2. The number of unbranched alkanes of at least 4 members (excludes halogenated alkanes) is 1. The molecule has 1 unspecified atom stereocenters. The Morgan fingerprint density at radius 1 is 1.22 bits per heavy atom. The minimum atomic E-state index is 0.0125. The van der Waals surface area contributed by atoms with E-state index in [4.69, 9.17) is 0 Å². The SMILES string of the molecule is CC(C)(C)C1CCc2c(sc3ncn(CCC(=O)NCCCCN4CCCC4)c(=O)c23)C1. The Labute approximate surface area is 195 Å². The van der Waals surface area contributed by atoms with E-state index >= 15 is 0 Å². The molecule has 0 aromatic carbocycles. The van der Waals surface area contributed by atoms with Crippen LogP contribution in [0.15, 0.2) is 11.1 Å². The Kier molecular flexibility index (Phi) is 7.35. The number of likely N-dealkylation sites (tertiary alicyclic amines) is 1. The maximum Gasteiger partial charge on any atom is 0.262 e. The molecule has 1 fully saturated rings. The van der Waals surface area contributed by atoms with E-state index in [0.717, 1.165) is 48.9 Å². The van der Waals surface area contributed by atoms with Crippen LogP contribution in [0.3, 0.4) is 0 Å². The lowest BCUT2D eigenvalue weighted by Gasteiger charge is -2.33. The molecule has 1 saturated heterocycles. The molecule has 1 aliphatic heterocycles. The summed E-state index contributed by atoms with van der Waals surface area (Å²) in [5.41, 5.74) is 1.50. The molecule has 0 spiro atoms. The average Bonchev–Trinajstić information content (AvgIpc) is 3.39. The van der Waals surface area contributed by atoms with Gasteiger partial charge in [0.05, 0.1) is 11.7 Å². The van der Waals surface area contributed by atoms with Crippen LogP contribution in [-0.2, 0) is 24.2 Å². The Morgan fingerprint density at radius 3 is 2.75 bits per heavy atom. The molecule has 0 bridgehead atoms. The Hall–Kier alpha value is -1.73. The van der Waals surface area contributed by atoms with Crippen LogP contribution in [-0.4, -0.2) is 46.5 Å². The molecular formula is C25H38N4O2S.